The molecule has 0 bridgehead atoms. The summed E-state index contributed by atoms with van der Waals surface area (Å²) in [7, 11) is 0. The van der Waals surface area contributed by atoms with Gasteiger partial charge in [0.15, 0.2) is 5.69 Å². The summed E-state index contributed by atoms with van der Waals surface area (Å²) in [5, 5.41) is 12.0. The van der Waals surface area contributed by atoms with E-state index in [-0.39, 0.29) is 12.0 Å². The molecule has 0 unspecified atom stereocenters. The van der Waals surface area contributed by atoms with Crippen molar-refractivity contribution in [3.63, 3.8) is 0 Å². The minimum absolute atomic E-state index is 0.108. The van der Waals surface area contributed by atoms with Gasteiger partial charge in [-0.2, -0.15) is 11.3 Å². The zero-order valence-electron chi connectivity index (χ0n) is 12.9. The number of carbonyl (C=O) groups excluding carboxylic acids is 1. The fourth-order valence-electron chi connectivity index (χ4n) is 2.66. The number of hydrogen-bond acceptors (Lipinski definition) is 6. The molecule has 1 atom stereocenters. The Hall–Kier alpha value is -1.77. The molecule has 1 aliphatic rings. The second kappa shape index (κ2) is 7.67. The molecule has 3 heterocycles. The third-order valence-electron chi connectivity index (χ3n) is 3.80. The maximum absolute atomic E-state index is 12.8. The highest BCUT2D eigenvalue weighted by Crippen LogP contribution is 2.17. The fourth-order valence-corrected chi connectivity index (χ4v) is 3.32. The van der Waals surface area contributed by atoms with E-state index in [1.54, 1.807) is 27.1 Å². The van der Waals surface area contributed by atoms with Gasteiger partial charge in [0.2, 0.25) is 0 Å². The topological polar surface area (TPSA) is 86.3 Å². The van der Waals surface area contributed by atoms with Crippen LogP contribution in [0, 0.1) is 0 Å². The summed E-state index contributed by atoms with van der Waals surface area (Å²) in [5.74, 6) is -0.116. The maximum Gasteiger partial charge on any atom is 0.276 e. The van der Waals surface area contributed by atoms with E-state index < -0.39 is 0 Å². The Bertz CT molecular complexity index is 622. The van der Waals surface area contributed by atoms with Gasteiger partial charge in [-0.25, -0.2) is 0 Å². The first kappa shape index (κ1) is 16.1. The van der Waals surface area contributed by atoms with Crippen molar-refractivity contribution in [3.05, 3.63) is 34.3 Å². The second-order valence-corrected chi connectivity index (χ2v) is 6.39. The average Bonchev–Trinajstić information content (AvgIpc) is 3.29. The summed E-state index contributed by atoms with van der Waals surface area (Å²) >= 11 is 1.63. The average molecular weight is 335 g/mol. The lowest BCUT2D eigenvalue weighted by Crippen LogP contribution is -2.37. The van der Waals surface area contributed by atoms with Gasteiger partial charge in [-0.05, 0) is 35.2 Å². The van der Waals surface area contributed by atoms with Crippen molar-refractivity contribution in [2.24, 2.45) is 5.73 Å². The van der Waals surface area contributed by atoms with Gasteiger partial charge in [-0.15, -0.1) is 5.10 Å². The van der Waals surface area contributed by atoms with Crippen molar-refractivity contribution < 1.29 is 9.53 Å². The molecular formula is C15H21N5O2S. The molecule has 2 aromatic rings. The van der Waals surface area contributed by atoms with Crippen LogP contribution in [0.1, 0.15) is 28.9 Å². The van der Waals surface area contributed by atoms with E-state index in [9.17, 15) is 4.79 Å². The van der Waals surface area contributed by atoms with Crippen LogP contribution in [0.15, 0.2) is 23.0 Å². The zero-order chi connectivity index (χ0) is 16.1. The second-order valence-electron chi connectivity index (χ2n) is 5.61. The first-order chi connectivity index (χ1) is 11.3. The van der Waals surface area contributed by atoms with Crippen molar-refractivity contribution in [3.8, 4) is 0 Å². The summed E-state index contributed by atoms with van der Waals surface area (Å²) in [6.07, 6.45) is 3.81. The largest absolute Gasteiger partial charge is 0.376 e. The van der Waals surface area contributed by atoms with E-state index in [0.29, 0.717) is 31.9 Å². The molecule has 7 nitrogen and oxygen atoms in total. The summed E-state index contributed by atoms with van der Waals surface area (Å²) < 4.78 is 7.28. The number of nitrogens with zero attached hydrogens (tertiary/aromatic N) is 4. The molecule has 1 fully saturated rings. The van der Waals surface area contributed by atoms with Crippen LogP contribution in [0.25, 0.3) is 0 Å². The first-order valence-electron chi connectivity index (χ1n) is 7.78. The predicted octanol–water partition coefficient (Wildman–Crippen LogP) is 1.12. The first-order valence-corrected chi connectivity index (χ1v) is 8.72. The highest BCUT2D eigenvalue weighted by molar-refractivity contribution is 7.07. The van der Waals surface area contributed by atoms with E-state index in [1.807, 2.05) is 11.4 Å². The standard InChI is InChI=1S/C15H21N5O2S/c16-4-5-20-10-14(17-18-20)15(21)19(8-12-3-7-23-11-12)9-13-2-1-6-22-13/h3,7,10-11,13H,1-2,4-6,8-9,16H2/t13-/m0/s1. The summed E-state index contributed by atoms with van der Waals surface area (Å²) in [6, 6.07) is 2.03. The molecule has 23 heavy (non-hydrogen) atoms. The quantitative estimate of drug-likeness (QED) is 0.819. The number of thiophene rings is 1. The van der Waals surface area contributed by atoms with Gasteiger partial charge >= 0.3 is 0 Å². The van der Waals surface area contributed by atoms with Gasteiger partial charge < -0.3 is 15.4 Å². The lowest BCUT2D eigenvalue weighted by atomic mass is 10.2. The molecule has 124 valence electrons. The van der Waals surface area contributed by atoms with Crippen LogP contribution < -0.4 is 5.73 Å². The van der Waals surface area contributed by atoms with Crippen LogP contribution in [-0.2, 0) is 17.8 Å². The van der Waals surface area contributed by atoms with Crippen LogP contribution in [0.5, 0.6) is 0 Å². The third-order valence-corrected chi connectivity index (χ3v) is 4.54. The Labute approximate surface area is 139 Å². The molecular weight excluding hydrogens is 314 g/mol. The molecule has 1 aliphatic heterocycles. The normalized spacial score (nSPS) is 17.5. The van der Waals surface area contributed by atoms with Gasteiger partial charge in [0, 0.05) is 26.2 Å². The van der Waals surface area contributed by atoms with Crippen LogP contribution in [-0.4, -0.2) is 51.6 Å². The summed E-state index contributed by atoms with van der Waals surface area (Å²) in [6.45, 7) is 2.93. The molecule has 0 aromatic carbocycles. The van der Waals surface area contributed by atoms with Crippen molar-refractivity contribution in [1.82, 2.24) is 19.9 Å². The fraction of sp³-hybridized carbons (Fsp3) is 0.533. The Morgan fingerprint density at radius 3 is 3.17 bits per heavy atom. The van der Waals surface area contributed by atoms with Gasteiger partial charge in [0.25, 0.3) is 5.91 Å². The molecule has 0 spiro atoms. The van der Waals surface area contributed by atoms with Crippen molar-refractivity contribution in [2.45, 2.75) is 32.0 Å². The van der Waals surface area contributed by atoms with E-state index in [0.717, 1.165) is 25.0 Å². The number of ether oxygens (including phenoxy) is 1. The smallest absolute Gasteiger partial charge is 0.276 e. The van der Waals surface area contributed by atoms with Crippen molar-refractivity contribution in [1.29, 1.82) is 0 Å². The Morgan fingerprint density at radius 1 is 1.57 bits per heavy atom. The molecule has 0 saturated carbocycles. The van der Waals surface area contributed by atoms with E-state index >= 15 is 0 Å². The van der Waals surface area contributed by atoms with Gasteiger partial charge in [-0.1, -0.05) is 5.21 Å². The summed E-state index contributed by atoms with van der Waals surface area (Å²) in [4.78, 5) is 14.6. The SMILES string of the molecule is NCCn1cc(C(=O)N(Cc2ccsc2)C[C@@H]2CCCO2)nn1. The van der Waals surface area contributed by atoms with Crippen molar-refractivity contribution >= 4 is 17.2 Å². The number of rotatable bonds is 7. The molecule has 0 aliphatic carbocycles. The Morgan fingerprint density at radius 2 is 2.48 bits per heavy atom. The highest BCUT2D eigenvalue weighted by atomic mass is 32.1. The van der Waals surface area contributed by atoms with E-state index in [1.165, 1.54) is 0 Å². The van der Waals surface area contributed by atoms with E-state index in [4.69, 9.17) is 10.5 Å². The maximum atomic E-state index is 12.8. The van der Waals surface area contributed by atoms with Crippen molar-refractivity contribution in [2.75, 3.05) is 19.7 Å². The molecule has 3 rings (SSSR count). The van der Waals surface area contributed by atoms with Crippen LogP contribution in [0.4, 0.5) is 0 Å². The molecule has 2 N–H and O–H groups in total. The molecule has 1 saturated heterocycles. The lowest BCUT2D eigenvalue weighted by molar-refractivity contribution is 0.0503. The summed E-state index contributed by atoms with van der Waals surface area (Å²) in [5.41, 5.74) is 6.98. The predicted molar refractivity (Wildman–Crippen MR) is 87.1 cm³/mol. The number of amides is 1. The minimum Gasteiger partial charge on any atom is -0.376 e. The highest BCUT2D eigenvalue weighted by Gasteiger charge is 2.25. The zero-order valence-corrected chi connectivity index (χ0v) is 13.7. The minimum atomic E-state index is -0.116. The van der Waals surface area contributed by atoms with E-state index in [2.05, 4.69) is 15.7 Å². The van der Waals surface area contributed by atoms with Gasteiger partial charge in [0.1, 0.15) is 0 Å². The number of nitrogens with two attached hydrogens (primary N) is 1. The third kappa shape index (κ3) is 4.15. The molecule has 1 amide bonds. The number of aromatic nitrogens is 3. The Kier molecular flexibility index (Phi) is 5.37. The lowest BCUT2D eigenvalue weighted by Gasteiger charge is -2.24. The van der Waals surface area contributed by atoms with Gasteiger partial charge in [0.05, 0.1) is 18.8 Å². The molecule has 8 heteroatoms. The molecule has 2 aromatic heterocycles. The monoisotopic (exact) mass is 335 g/mol. The van der Waals surface area contributed by atoms with Crippen LogP contribution in [0.2, 0.25) is 0 Å². The Balaban J connectivity index is 1.73. The number of hydrogen-bond donors (Lipinski definition) is 1. The van der Waals surface area contributed by atoms with Gasteiger partial charge in [-0.3, -0.25) is 9.48 Å². The van der Waals surface area contributed by atoms with Crippen LogP contribution in [0.3, 0.4) is 0 Å². The molecule has 0 radical (unpaired) electrons. The van der Waals surface area contributed by atoms with Crippen LogP contribution >= 0.6 is 11.3 Å². The number of carbonyl (C=O) groups is 1.